The van der Waals surface area contributed by atoms with Crippen molar-refractivity contribution in [1.29, 1.82) is 0 Å². The number of nitrogens with zero attached hydrogens (tertiary/aromatic N) is 1. The van der Waals surface area contributed by atoms with Crippen molar-refractivity contribution in [3.05, 3.63) is 65.6 Å². The summed E-state index contributed by atoms with van der Waals surface area (Å²) in [6.07, 6.45) is 6.67. The molecule has 1 heterocycles. The lowest BCUT2D eigenvalue weighted by Crippen LogP contribution is -2.17. The Bertz CT molecular complexity index is 598. The Labute approximate surface area is 111 Å². The largest absolute Gasteiger partial charge is 0.469 e. The van der Waals surface area contributed by atoms with Gasteiger partial charge < -0.3 is 4.42 Å². The zero-order chi connectivity index (χ0) is 13.5. The van der Waals surface area contributed by atoms with Crippen molar-refractivity contribution in [3.63, 3.8) is 0 Å². The number of aryl methyl sites for hydroxylation is 1. The van der Waals surface area contributed by atoms with E-state index in [0.717, 1.165) is 5.56 Å². The topological polar surface area (TPSA) is 54.6 Å². The van der Waals surface area contributed by atoms with Crippen LogP contribution in [-0.4, -0.2) is 12.1 Å². The van der Waals surface area contributed by atoms with Gasteiger partial charge in [0.05, 0.1) is 11.8 Å². The van der Waals surface area contributed by atoms with Crippen molar-refractivity contribution >= 4 is 18.2 Å². The molecule has 0 aliphatic heterocycles. The van der Waals surface area contributed by atoms with Crippen molar-refractivity contribution in [2.75, 3.05) is 0 Å². The van der Waals surface area contributed by atoms with Crippen molar-refractivity contribution in [2.45, 2.75) is 6.92 Å². The van der Waals surface area contributed by atoms with Crippen molar-refractivity contribution in [1.82, 2.24) is 5.43 Å². The van der Waals surface area contributed by atoms with Crippen molar-refractivity contribution < 1.29 is 9.21 Å². The molecule has 0 unspecified atom stereocenters. The van der Waals surface area contributed by atoms with Crippen LogP contribution in [0.3, 0.4) is 0 Å². The summed E-state index contributed by atoms with van der Waals surface area (Å²) in [7, 11) is 0. The molecule has 4 heteroatoms. The molecule has 0 bridgehead atoms. The van der Waals surface area contributed by atoms with Crippen LogP contribution in [0.4, 0.5) is 0 Å². The van der Waals surface area contributed by atoms with Gasteiger partial charge >= 0.3 is 0 Å². The molecule has 1 aromatic carbocycles. The minimum absolute atomic E-state index is 0.282. The molecule has 0 aliphatic carbocycles. The molecule has 0 spiro atoms. The van der Waals surface area contributed by atoms with Crippen LogP contribution in [-0.2, 0) is 0 Å². The molecule has 2 rings (SSSR count). The second-order valence-electron chi connectivity index (χ2n) is 3.88. The van der Waals surface area contributed by atoms with E-state index in [2.05, 4.69) is 10.5 Å². The lowest BCUT2D eigenvalue weighted by atomic mass is 10.2. The van der Waals surface area contributed by atoms with Gasteiger partial charge in [-0.15, -0.1) is 0 Å². The standard InChI is InChI=1S/C15H14N2O2/c1-12-14(9-11-19-12)15(18)17-16-10-5-8-13-6-3-2-4-7-13/h2-11H,1H3,(H,17,18)/b8-5+,16-10-. The van der Waals surface area contributed by atoms with Gasteiger partial charge in [0.1, 0.15) is 5.76 Å². The number of hydrogen-bond donors (Lipinski definition) is 1. The van der Waals surface area contributed by atoms with Crippen LogP contribution in [0.25, 0.3) is 6.08 Å². The maximum absolute atomic E-state index is 11.7. The number of carbonyl (C=O) groups excluding carboxylic acids is 1. The van der Waals surface area contributed by atoms with E-state index in [9.17, 15) is 4.79 Å². The average molecular weight is 254 g/mol. The zero-order valence-corrected chi connectivity index (χ0v) is 10.5. The van der Waals surface area contributed by atoms with Crippen molar-refractivity contribution in [2.24, 2.45) is 5.10 Å². The summed E-state index contributed by atoms with van der Waals surface area (Å²) < 4.78 is 5.04. The summed E-state index contributed by atoms with van der Waals surface area (Å²) >= 11 is 0. The number of allylic oxidation sites excluding steroid dienone is 1. The Balaban J connectivity index is 1.86. The second-order valence-corrected chi connectivity index (χ2v) is 3.88. The van der Waals surface area contributed by atoms with Crippen LogP contribution in [0.15, 0.2) is 58.3 Å². The summed E-state index contributed by atoms with van der Waals surface area (Å²) in [4.78, 5) is 11.7. The van der Waals surface area contributed by atoms with Crippen LogP contribution < -0.4 is 5.43 Å². The number of furan rings is 1. The van der Waals surface area contributed by atoms with Crippen LogP contribution in [0.1, 0.15) is 21.7 Å². The van der Waals surface area contributed by atoms with Crippen LogP contribution >= 0.6 is 0 Å². The highest BCUT2D eigenvalue weighted by Crippen LogP contribution is 2.07. The van der Waals surface area contributed by atoms with Crippen LogP contribution in [0, 0.1) is 6.92 Å². The summed E-state index contributed by atoms with van der Waals surface area (Å²) in [5, 5.41) is 3.83. The highest BCUT2D eigenvalue weighted by atomic mass is 16.3. The first-order valence-electron chi connectivity index (χ1n) is 5.86. The fraction of sp³-hybridized carbons (Fsp3) is 0.0667. The van der Waals surface area contributed by atoms with Gasteiger partial charge in [-0.3, -0.25) is 4.79 Å². The smallest absolute Gasteiger partial charge is 0.274 e. The Hall–Kier alpha value is -2.62. The van der Waals surface area contributed by atoms with E-state index in [1.54, 1.807) is 19.1 Å². The fourth-order valence-electron chi connectivity index (χ4n) is 1.54. The van der Waals surface area contributed by atoms with Gasteiger partial charge in [-0.1, -0.05) is 36.4 Å². The summed E-state index contributed by atoms with van der Waals surface area (Å²) in [6, 6.07) is 11.5. The van der Waals surface area contributed by atoms with E-state index >= 15 is 0 Å². The number of carbonyl (C=O) groups is 1. The van der Waals surface area contributed by atoms with E-state index < -0.39 is 0 Å². The molecule has 19 heavy (non-hydrogen) atoms. The summed E-state index contributed by atoms with van der Waals surface area (Å²) in [6.45, 7) is 1.73. The molecule has 1 N–H and O–H groups in total. The molecule has 0 aliphatic rings. The molecule has 0 radical (unpaired) electrons. The minimum Gasteiger partial charge on any atom is -0.469 e. The first-order chi connectivity index (χ1) is 9.27. The Morgan fingerprint density at radius 2 is 2.05 bits per heavy atom. The lowest BCUT2D eigenvalue weighted by molar-refractivity contribution is 0.0953. The summed E-state index contributed by atoms with van der Waals surface area (Å²) in [5.74, 6) is 0.295. The number of hydrogen-bond acceptors (Lipinski definition) is 3. The molecular weight excluding hydrogens is 240 g/mol. The Morgan fingerprint density at radius 3 is 2.74 bits per heavy atom. The number of nitrogens with one attached hydrogen (secondary N) is 1. The predicted molar refractivity (Wildman–Crippen MR) is 74.9 cm³/mol. The predicted octanol–water partition coefficient (Wildman–Crippen LogP) is 3.02. The van der Waals surface area contributed by atoms with Gasteiger partial charge in [-0.25, -0.2) is 5.43 Å². The molecule has 2 aromatic rings. The monoisotopic (exact) mass is 254 g/mol. The van der Waals surface area contributed by atoms with Crippen LogP contribution in [0.2, 0.25) is 0 Å². The normalized spacial score (nSPS) is 11.2. The molecule has 0 saturated heterocycles. The average Bonchev–Trinajstić information content (AvgIpc) is 2.86. The zero-order valence-electron chi connectivity index (χ0n) is 10.5. The maximum Gasteiger partial charge on any atom is 0.274 e. The number of amides is 1. The Morgan fingerprint density at radius 1 is 1.26 bits per heavy atom. The lowest BCUT2D eigenvalue weighted by Gasteiger charge is -1.95. The van der Waals surface area contributed by atoms with E-state index in [-0.39, 0.29) is 5.91 Å². The van der Waals surface area contributed by atoms with Crippen LogP contribution in [0.5, 0.6) is 0 Å². The summed E-state index contributed by atoms with van der Waals surface area (Å²) in [5.41, 5.74) is 4.00. The van der Waals surface area contributed by atoms with Gasteiger partial charge in [0.2, 0.25) is 0 Å². The first-order valence-corrected chi connectivity index (χ1v) is 5.86. The molecule has 0 fully saturated rings. The third kappa shape index (κ3) is 3.67. The number of benzene rings is 1. The fourth-order valence-corrected chi connectivity index (χ4v) is 1.54. The van der Waals surface area contributed by atoms with Gasteiger partial charge in [-0.2, -0.15) is 5.10 Å². The molecular formula is C15H14N2O2. The molecule has 0 atom stereocenters. The van der Waals surface area contributed by atoms with E-state index in [1.165, 1.54) is 12.5 Å². The number of rotatable bonds is 4. The van der Waals surface area contributed by atoms with E-state index in [4.69, 9.17) is 4.42 Å². The molecule has 1 amide bonds. The third-order valence-electron chi connectivity index (χ3n) is 2.52. The van der Waals surface area contributed by atoms with Gasteiger partial charge in [-0.05, 0) is 24.6 Å². The van der Waals surface area contributed by atoms with E-state index in [0.29, 0.717) is 11.3 Å². The first kappa shape index (κ1) is 12.8. The molecule has 0 saturated carbocycles. The quantitative estimate of drug-likeness (QED) is 0.673. The Kier molecular flexibility index (Phi) is 4.29. The van der Waals surface area contributed by atoms with Gasteiger partial charge in [0.15, 0.2) is 0 Å². The highest BCUT2D eigenvalue weighted by Gasteiger charge is 2.09. The van der Waals surface area contributed by atoms with Gasteiger partial charge in [0, 0.05) is 6.21 Å². The van der Waals surface area contributed by atoms with Crippen molar-refractivity contribution in [3.8, 4) is 0 Å². The highest BCUT2D eigenvalue weighted by molar-refractivity contribution is 5.95. The second kappa shape index (κ2) is 6.35. The molecule has 96 valence electrons. The molecule has 4 nitrogen and oxygen atoms in total. The van der Waals surface area contributed by atoms with E-state index in [1.807, 2.05) is 36.4 Å². The maximum atomic E-state index is 11.7. The number of hydrazone groups is 1. The SMILES string of the molecule is Cc1occc1C(=O)N/N=C\C=C\c1ccccc1. The minimum atomic E-state index is -0.282. The van der Waals surface area contributed by atoms with Gasteiger partial charge in [0.25, 0.3) is 5.91 Å². The molecule has 1 aromatic heterocycles. The third-order valence-corrected chi connectivity index (χ3v) is 2.52.